The fourth-order valence-corrected chi connectivity index (χ4v) is 1.12. The average Bonchev–Trinajstić information content (AvgIpc) is 2.12. The SMILES string of the molecule is C1=C[C@@H]2C=C[C@H](C1)O2. The maximum Gasteiger partial charge on any atom is 0.0946 e. The Hall–Kier alpha value is -0.560. The second-order valence-corrected chi connectivity index (χ2v) is 2.19. The minimum atomic E-state index is 0.300. The van der Waals surface area contributed by atoms with E-state index in [1.807, 2.05) is 0 Å². The molecular weight excluding hydrogens is 100 g/mol. The van der Waals surface area contributed by atoms with Crippen LogP contribution in [-0.4, -0.2) is 12.2 Å². The van der Waals surface area contributed by atoms with Crippen LogP contribution >= 0.6 is 0 Å². The molecule has 0 aromatic rings. The molecule has 0 amide bonds. The van der Waals surface area contributed by atoms with Gasteiger partial charge in [0.25, 0.3) is 0 Å². The average molecular weight is 108 g/mol. The van der Waals surface area contributed by atoms with Crippen molar-refractivity contribution < 1.29 is 4.74 Å². The summed E-state index contributed by atoms with van der Waals surface area (Å²) in [5.74, 6) is 0. The number of rotatable bonds is 0. The van der Waals surface area contributed by atoms with E-state index in [-0.39, 0.29) is 0 Å². The Morgan fingerprint density at radius 3 is 3.00 bits per heavy atom. The Kier molecular flexibility index (Phi) is 0.788. The number of hydrogen-bond acceptors (Lipinski definition) is 1. The Balaban J connectivity index is 2.28. The van der Waals surface area contributed by atoms with Gasteiger partial charge in [-0.05, 0) is 6.42 Å². The molecule has 8 heavy (non-hydrogen) atoms. The molecule has 0 unspecified atom stereocenters. The monoisotopic (exact) mass is 108 g/mol. The van der Waals surface area contributed by atoms with Crippen LogP contribution in [0, 0.1) is 0 Å². The first-order valence-corrected chi connectivity index (χ1v) is 2.95. The zero-order chi connectivity index (χ0) is 5.40. The summed E-state index contributed by atoms with van der Waals surface area (Å²) in [4.78, 5) is 0. The summed E-state index contributed by atoms with van der Waals surface area (Å²) >= 11 is 0. The first-order valence-electron chi connectivity index (χ1n) is 2.95. The summed E-state index contributed by atoms with van der Waals surface area (Å²) < 4.78 is 5.40. The summed E-state index contributed by atoms with van der Waals surface area (Å²) in [7, 11) is 0. The van der Waals surface area contributed by atoms with Crippen molar-refractivity contribution >= 4 is 0 Å². The van der Waals surface area contributed by atoms with E-state index in [0.29, 0.717) is 12.2 Å². The fraction of sp³-hybridized carbons (Fsp3) is 0.429. The Labute approximate surface area is 48.7 Å². The van der Waals surface area contributed by atoms with Gasteiger partial charge in [0.15, 0.2) is 0 Å². The Morgan fingerprint density at radius 1 is 1.25 bits per heavy atom. The Morgan fingerprint density at radius 2 is 2.25 bits per heavy atom. The minimum absolute atomic E-state index is 0.300. The molecule has 2 aliphatic heterocycles. The zero-order valence-corrected chi connectivity index (χ0v) is 4.58. The van der Waals surface area contributed by atoms with Gasteiger partial charge in [-0.15, -0.1) is 0 Å². The Bertz CT molecular complexity index is 144. The lowest BCUT2D eigenvalue weighted by Gasteiger charge is -2.13. The van der Waals surface area contributed by atoms with Crippen LogP contribution in [0.1, 0.15) is 6.42 Å². The van der Waals surface area contributed by atoms with E-state index in [9.17, 15) is 0 Å². The van der Waals surface area contributed by atoms with Gasteiger partial charge in [-0.2, -0.15) is 0 Å². The predicted molar refractivity (Wildman–Crippen MR) is 31.6 cm³/mol. The topological polar surface area (TPSA) is 9.23 Å². The molecule has 0 saturated heterocycles. The van der Waals surface area contributed by atoms with Crippen LogP contribution < -0.4 is 0 Å². The summed E-state index contributed by atoms with van der Waals surface area (Å²) in [6.45, 7) is 0. The molecular formula is C7H8O. The molecule has 2 bridgehead atoms. The van der Waals surface area contributed by atoms with E-state index >= 15 is 0 Å². The van der Waals surface area contributed by atoms with Gasteiger partial charge in [-0.1, -0.05) is 24.3 Å². The van der Waals surface area contributed by atoms with Crippen molar-refractivity contribution in [2.45, 2.75) is 18.6 Å². The third-order valence-corrected chi connectivity index (χ3v) is 1.54. The van der Waals surface area contributed by atoms with Gasteiger partial charge in [0, 0.05) is 0 Å². The van der Waals surface area contributed by atoms with Gasteiger partial charge in [-0.25, -0.2) is 0 Å². The molecule has 42 valence electrons. The first-order chi connectivity index (χ1) is 3.95. The molecule has 0 saturated carbocycles. The van der Waals surface area contributed by atoms with Crippen LogP contribution in [0.15, 0.2) is 24.3 Å². The van der Waals surface area contributed by atoms with Gasteiger partial charge < -0.3 is 4.74 Å². The summed E-state index contributed by atoms with van der Waals surface area (Å²) in [5, 5.41) is 0. The molecule has 0 spiro atoms. The highest BCUT2D eigenvalue weighted by Gasteiger charge is 2.18. The summed E-state index contributed by atoms with van der Waals surface area (Å²) in [6, 6.07) is 0. The van der Waals surface area contributed by atoms with E-state index in [1.54, 1.807) is 0 Å². The molecule has 0 aliphatic carbocycles. The van der Waals surface area contributed by atoms with Crippen LogP contribution in [0.25, 0.3) is 0 Å². The van der Waals surface area contributed by atoms with Crippen LogP contribution in [-0.2, 0) is 4.74 Å². The second kappa shape index (κ2) is 1.46. The smallest absolute Gasteiger partial charge is 0.0946 e. The maximum absolute atomic E-state index is 5.40. The number of ether oxygens (including phenoxy) is 1. The van der Waals surface area contributed by atoms with Crippen LogP contribution in [0.5, 0.6) is 0 Å². The lowest BCUT2D eigenvalue weighted by molar-refractivity contribution is 0.0800. The lowest BCUT2D eigenvalue weighted by Crippen LogP contribution is -2.12. The molecule has 0 fully saturated rings. The van der Waals surface area contributed by atoms with E-state index in [1.165, 1.54) is 0 Å². The van der Waals surface area contributed by atoms with Gasteiger partial charge in [-0.3, -0.25) is 0 Å². The van der Waals surface area contributed by atoms with Gasteiger partial charge in [0.1, 0.15) is 0 Å². The standard InChI is InChI=1S/C7H8O/c1-2-6-4-5-7(3-1)8-6/h1-2,4-7H,3H2/t6-,7+/m1/s1. The van der Waals surface area contributed by atoms with Crippen LogP contribution in [0.4, 0.5) is 0 Å². The van der Waals surface area contributed by atoms with Crippen molar-refractivity contribution in [3.63, 3.8) is 0 Å². The normalized spacial score (nSPS) is 41.0. The van der Waals surface area contributed by atoms with E-state index in [0.717, 1.165) is 6.42 Å². The molecule has 2 rings (SSSR count). The van der Waals surface area contributed by atoms with E-state index < -0.39 is 0 Å². The molecule has 2 atom stereocenters. The van der Waals surface area contributed by atoms with Crippen molar-refractivity contribution in [2.24, 2.45) is 0 Å². The van der Waals surface area contributed by atoms with Crippen molar-refractivity contribution in [2.75, 3.05) is 0 Å². The largest absolute Gasteiger partial charge is 0.362 e. The highest BCUT2D eigenvalue weighted by Crippen LogP contribution is 2.20. The quantitative estimate of drug-likeness (QED) is 0.424. The van der Waals surface area contributed by atoms with Crippen molar-refractivity contribution in [1.82, 2.24) is 0 Å². The highest BCUT2D eigenvalue weighted by atomic mass is 16.5. The first kappa shape index (κ1) is 4.33. The fourth-order valence-electron chi connectivity index (χ4n) is 1.12. The second-order valence-electron chi connectivity index (χ2n) is 2.19. The van der Waals surface area contributed by atoms with Gasteiger partial charge in [0.2, 0.25) is 0 Å². The van der Waals surface area contributed by atoms with E-state index in [4.69, 9.17) is 4.74 Å². The van der Waals surface area contributed by atoms with Crippen molar-refractivity contribution in [3.05, 3.63) is 24.3 Å². The van der Waals surface area contributed by atoms with Crippen molar-refractivity contribution in [3.8, 4) is 0 Å². The molecule has 1 nitrogen and oxygen atoms in total. The van der Waals surface area contributed by atoms with E-state index in [2.05, 4.69) is 24.3 Å². The predicted octanol–water partition coefficient (Wildman–Crippen LogP) is 1.27. The number of fused-ring (bicyclic) bond motifs is 2. The zero-order valence-electron chi connectivity index (χ0n) is 4.58. The summed E-state index contributed by atoms with van der Waals surface area (Å²) in [6.07, 6.45) is 10.3. The third-order valence-electron chi connectivity index (χ3n) is 1.54. The third kappa shape index (κ3) is 0.514. The van der Waals surface area contributed by atoms with Crippen LogP contribution in [0.2, 0.25) is 0 Å². The van der Waals surface area contributed by atoms with Crippen LogP contribution in [0.3, 0.4) is 0 Å². The van der Waals surface area contributed by atoms with Crippen molar-refractivity contribution in [1.29, 1.82) is 0 Å². The maximum atomic E-state index is 5.40. The molecule has 1 heteroatoms. The minimum Gasteiger partial charge on any atom is -0.362 e. The lowest BCUT2D eigenvalue weighted by atomic mass is 10.2. The van der Waals surface area contributed by atoms with Gasteiger partial charge >= 0.3 is 0 Å². The highest BCUT2D eigenvalue weighted by molar-refractivity contribution is 5.15. The molecule has 0 aromatic carbocycles. The van der Waals surface area contributed by atoms with Gasteiger partial charge in [0.05, 0.1) is 12.2 Å². The molecule has 0 radical (unpaired) electrons. The molecule has 2 aliphatic rings. The summed E-state index contributed by atoms with van der Waals surface area (Å²) in [5.41, 5.74) is 0. The molecule has 0 N–H and O–H groups in total. The molecule has 2 heterocycles. The molecule has 0 aromatic heterocycles. The number of hydrogen-bond donors (Lipinski definition) is 0.